The molecule has 224 valence electrons. The Kier molecular flexibility index (Phi) is 8.44. The summed E-state index contributed by atoms with van der Waals surface area (Å²) in [5.74, 6) is -13.8. The van der Waals surface area contributed by atoms with Gasteiger partial charge in [-0.1, -0.05) is 6.07 Å². The van der Waals surface area contributed by atoms with Gasteiger partial charge in [-0.25, -0.2) is 14.0 Å². The number of ether oxygens (including phenoxy) is 2. The summed E-state index contributed by atoms with van der Waals surface area (Å²) in [5.41, 5.74) is 2.26. The van der Waals surface area contributed by atoms with E-state index in [4.69, 9.17) is 10.5 Å². The summed E-state index contributed by atoms with van der Waals surface area (Å²) in [5, 5.41) is 21.9. The number of aliphatic hydroxyl groups is 1. The van der Waals surface area contributed by atoms with Crippen molar-refractivity contribution in [1.82, 2.24) is 0 Å². The smallest absolute Gasteiger partial charge is 0.341 e. The van der Waals surface area contributed by atoms with Crippen molar-refractivity contribution < 1.29 is 57.6 Å². The van der Waals surface area contributed by atoms with Gasteiger partial charge in [0.15, 0.2) is 34.7 Å². The quantitative estimate of drug-likeness (QED) is 0.218. The lowest BCUT2D eigenvalue weighted by Crippen LogP contribution is -2.68. The predicted molar refractivity (Wildman–Crippen MR) is 139 cm³/mol. The van der Waals surface area contributed by atoms with E-state index in [1.54, 1.807) is 0 Å². The molecule has 0 aromatic heterocycles. The van der Waals surface area contributed by atoms with E-state index < -0.39 is 95.0 Å². The summed E-state index contributed by atoms with van der Waals surface area (Å²) in [6, 6.07) is 2.49. The molecule has 2 fully saturated rings. The minimum absolute atomic E-state index is 0.0527. The van der Waals surface area contributed by atoms with Crippen molar-refractivity contribution in [2.75, 3.05) is 13.2 Å². The normalized spacial score (nSPS) is 27.9. The van der Waals surface area contributed by atoms with E-state index in [0.29, 0.717) is 0 Å². The highest BCUT2D eigenvalue weighted by atomic mass is 19.1. The third kappa shape index (κ3) is 5.02. The number of halogens is 1. The lowest BCUT2D eigenvalue weighted by atomic mass is 9.53. The monoisotopic (exact) mass is 587 g/mol. The topological polar surface area (TPSA) is 204 Å². The fourth-order valence-electron chi connectivity index (χ4n) is 6.25. The number of rotatable bonds is 8. The number of esters is 2. The van der Waals surface area contributed by atoms with E-state index in [9.17, 15) is 48.2 Å². The van der Waals surface area contributed by atoms with Crippen LogP contribution in [-0.4, -0.2) is 76.2 Å². The van der Waals surface area contributed by atoms with Crippen LogP contribution in [0.3, 0.4) is 0 Å². The zero-order valence-electron chi connectivity index (χ0n) is 22.9. The van der Waals surface area contributed by atoms with Crippen LogP contribution in [0.2, 0.25) is 0 Å². The van der Waals surface area contributed by atoms with Gasteiger partial charge in [-0.15, -0.1) is 0 Å². The van der Waals surface area contributed by atoms with Crippen LogP contribution in [0.15, 0.2) is 17.7 Å². The SMILES string of the molecule is CCOC(=O)C(=Cc1ccc(O)c2c1C[C@H]1C[C@H]3CC(=O)C(C(N)=O)C(=O)[C@@]3(O)C(=O)C1C2=O)CC(F)C(=O)OCC. The van der Waals surface area contributed by atoms with E-state index in [-0.39, 0.29) is 48.3 Å². The maximum absolute atomic E-state index is 14.6. The van der Waals surface area contributed by atoms with Gasteiger partial charge in [-0.05, 0) is 55.9 Å². The summed E-state index contributed by atoms with van der Waals surface area (Å²) in [6.45, 7) is 2.89. The minimum atomic E-state index is -2.78. The molecule has 0 saturated heterocycles. The van der Waals surface area contributed by atoms with E-state index >= 15 is 0 Å². The minimum Gasteiger partial charge on any atom is -0.507 e. The number of nitrogens with two attached hydrogens (primary N) is 1. The lowest BCUT2D eigenvalue weighted by molar-refractivity contribution is -0.175. The van der Waals surface area contributed by atoms with Gasteiger partial charge in [0.1, 0.15) is 5.75 Å². The maximum atomic E-state index is 14.6. The molecular formula is C29H30FNO11. The highest BCUT2D eigenvalue weighted by Crippen LogP contribution is 2.50. The number of phenolic OH excluding ortho intramolecular Hbond substituents is 1. The Hall–Kier alpha value is -4.26. The summed E-state index contributed by atoms with van der Waals surface area (Å²) in [6.07, 6.45) is -2.34. The third-order valence-corrected chi connectivity index (χ3v) is 8.13. The molecule has 3 aliphatic carbocycles. The fraction of sp³-hybridized carbons (Fsp3) is 0.483. The van der Waals surface area contributed by atoms with Crippen molar-refractivity contribution >= 4 is 47.1 Å². The molecule has 0 heterocycles. The van der Waals surface area contributed by atoms with Gasteiger partial charge >= 0.3 is 11.9 Å². The van der Waals surface area contributed by atoms with E-state index in [1.165, 1.54) is 26.0 Å². The largest absolute Gasteiger partial charge is 0.507 e. The zero-order chi connectivity index (χ0) is 31.1. The van der Waals surface area contributed by atoms with Crippen LogP contribution in [0.5, 0.6) is 5.75 Å². The Balaban J connectivity index is 1.77. The number of Topliss-reactive ketones (excluding diaryl/α,β-unsaturated/α-hetero) is 4. The van der Waals surface area contributed by atoms with Gasteiger partial charge in [0, 0.05) is 24.3 Å². The van der Waals surface area contributed by atoms with Crippen molar-refractivity contribution in [3.63, 3.8) is 0 Å². The van der Waals surface area contributed by atoms with Crippen molar-refractivity contribution in [3.05, 3.63) is 34.4 Å². The van der Waals surface area contributed by atoms with Crippen LogP contribution in [0.25, 0.3) is 6.08 Å². The number of alkyl halides is 1. The molecule has 3 unspecified atom stereocenters. The van der Waals surface area contributed by atoms with Crippen LogP contribution in [0.4, 0.5) is 4.39 Å². The van der Waals surface area contributed by atoms with Gasteiger partial charge in [0.25, 0.3) is 0 Å². The number of amides is 1. The second-order valence-electron chi connectivity index (χ2n) is 10.6. The Morgan fingerprint density at radius 1 is 1.10 bits per heavy atom. The molecule has 0 radical (unpaired) electrons. The molecule has 0 aliphatic heterocycles. The number of carbonyl (C=O) groups excluding carboxylic acids is 7. The van der Waals surface area contributed by atoms with Crippen molar-refractivity contribution in [2.45, 2.75) is 51.3 Å². The third-order valence-electron chi connectivity index (χ3n) is 8.13. The van der Waals surface area contributed by atoms with E-state index in [1.807, 2.05) is 0 Å². The number of carbonyl (C=O) groups is 7. The molecule has 42 heavy (non-hydrogen) atoms. The number of hydrogen-bond acceptors (Lipinski definition) is 11. The fourth-order valence-corrected chi connectivity index (χ4v) is 6.25. The number of ketones is 4. The Bertz CT molecular complexity index is 1430. The zero-order valence-corrected chi connectivity index (χ0v) is 22.9. The highest BCUT2D eigenvalue weighted by Gasteiger charge is 2.66. The molecule has 2 saturated carbocycles. The molecule has 0 bridgehead atoms. The average molecular weight is 588 g/mol. The number of hydrogen-bond donors (Lipinski definition) is 3. The van der Waals surface area contributed by atoms with Gasteiger partial charge in [0.2, 0.25) is 12.1 Å². The Morgan fingerprint density at radius 3 is 2.38 bits per heavy atom. The first-order valence-electron chi connectivity index (χ1n) is 13.5. The van der Waals surface area contributed by atoms with Crippen LogP contribution in [-0.2, 0) is 44.7 Å². The molecule has 4 N–H and O–H groups in total. The molecule has 12 nitrogen and oxygen atoms in total. The first-order valence-corrected chi connectivity index (χ1v) is 13.5. The van der Waals surface area contributed by atoms with Crippen molar-refractivity contribution in [1.29, 1.82) is 0 Å². The molecule has 3 aliphatic rings. The van der Waals surface area contributed by atoms with E-state index in [0.717, 1.165) is 6.07 Å². The summed E-state index contributed by atoms with van der Waals surface area (Å²) in [7, 11) is 0. The number of primary amides is 1. The highest BCUT2D eigenvalue weighted by molar-refractivity contribution is 6.31. The molecule has 1 amide bonds. The first kappa shape index (κ1) is 30.7. The Labute approximate surface area is 239 Å². The van der Waals surface area contributed by atoms with Crippen molar-refractivity contribution in [3.8, 4) is 5.75 Å². The summed E-state index contributed by atoms with van der Waals surface area (Å²) >= 11 is 0. The van der Waals surface area contributed by atoms with Crippen LogP contribution in [0, 0.1) is 23.7 Å². The second-order valence-corrected chi connectivity index (χ2v) is 10.6. The molecule has 4 rings (SSSR count). The van der Waals surface area contributed by atoms with Crippen LogP contribution >= 0.6 is 0 Å². The first-order chi connectivity index (χ1) is 19.8. The summed E-state index contributed by atoms with van der Waals surface area (Å²) < 4.78 is 24.3. The number of fused-ring (bicyclic) bond motifs is 3. The summed E-state index contributed by atoms with van der Waals surface area (Å²) in [4.78, 5) is 89.2. The molecule has 1 aromatic rings. The molecular weight excluding hydrogens is 557 g/mol. The average Bonchev–Trinajstić information content (AvgIpc) is 2.91. The van der Waals surface area contributed by atoms with Crippen LogP contribution in [0.1, 0.15) is 54.6 Å². The predicted octanol–water partition coefficient (Wildman–Crippen LogP) is 0.565. The van der Waals surface area contributed by atoms with Gasteiger partial charge in [-0.2, -0.15) is 0 Å². The molecule has 1 aromatic carbocycles. The van der Waals surface area contributed by atoms with Crippen LogP contribution < -0.4 is 5.73 Å². The molecule has 6 atom stereocenters. The molecule has 13 heteroatoms. The standard InChI is InChI=1S/C29H30FNO11/c1-3-41-27(38)14(10-17(30)28(39)42-4-2)7-12-5-6-18(32)21-16(12)9-13-8-15-11-19(33)22(26(31)37)25(36)29(15,40)24(35)20(13)23(21)34/h5-7,13,15,17,20,22,32,40H,3-4,8-11H2,1-2H3,(H2,31,37)/t13-,15+,17?,20?,22?,29+/m1/s1. The van der Waals surface area contributed by atoms with Gasteiger partial charge in [-0.3, -0.25) is 24.0 Å². The number of phenols is 1. The second kappa shape index (κ2) is 11.6. The molecule has 0 spiro atoms. The van der Waals surface area contributed by atoms with Gasteiger partial charge < -0.3 is 25.4 Å². The van der Waals surface area contributed by atoms with Crippen molar-refractivity contribution in [2.24, 2.45) is 29.4 Å². The maximum Gasteiger partial charge on any atom is 0.341 e. The number of benzene rings is 1. The number of aromatic hydroxyl groups is 1. The van der Waals surface area contributed by atoms with Gasteiger partial charge in [0.05, 0.1) is 24.7 Å². The van der Waals surface area contributed by atoms with E-state index in [2.05, 4.69) is 4.74 Å². The lowest BCUT2D eigenvalue weighted by Gasteiger charge is -2.48. The Morgan fingerprint density at radius 2 is 1.76 bits per heavy atom.